The van der Waals surface area contributed by atoms with Gasteiger partial charge in [-0.1, -0.05) is 0 Å². The van der Waals surface area contributed by atoms with Crippen LogP contribution in [-0.2, 0) is 0 Å². The Labute approximate surface area is 332 Å². The third-order valence-electron chi connectivity index (χ3n) is 35.9. The third-order valence-corrected chi connectivity index (χ3v) is 35.9. The molecule has 0 heterocycles. The molecular weight excluding hydrogens is 673 g/mol. The van der Waals surface area contributed by atoms with E-state index in [-0.39, 0.29) is 0 Å². The first-order valence-corrected chi connectivity index (χ1v) is 28.0. The van der Waals surface area contributed by atoms with E-state index in [1.807, 2.05) is 0 Å². The van der Waals surface area contributed by atoms with Crippen LogP contribution < -0.4 is 0 Å². The normalized spacial score (nSPS) is 102. The fourth-order valence-electron chi connectivity index (χ4n) is 36.6. The van der Waals surface area contributed by atoms with Crippen LogP contribution in [0.2, 0.25) is 0 Å². The summed E-state index contributed by atoms with van der Waals surface area (Å²) in [6.45, 7) is 0. The molecule has 27 aliphatic rings. The van der Waals surface area contributed by atoms with E-state index < -0.39 is 0 Å². The summed E-state index contributed by atoms with van der Waals surface area (Å²) >= 11 is 0. The Hall–Kier alpha value is 0. The Kier molecular flexibility index (Phi) is 2.82. The van der Waals surface area contributed by atoms with Crippen LogP contribution in [0.5, 0.6) is 0 Å². The van der Waals surface area contributed by atoms with Gasteiger partial charge in [-0.3, -0.25) is 0 Å². The molecule has 0 aromatic rings. The van der Waals surface area contributed by atoms with Crippen molar-refractivity contribution in [3.8, 4) is 0 Å². The molecule has 0 saturated heterocycles. The van der Waals surface area contributed by atoms with Crippen molar-refractivity contribution in [3.63, 3.8) is 0 Å². The molecule has 0 aliphatic heterocycles. The van der Waals surface area contributed by atoms with Crippen LogP contribution >= 0.6 is 0 Å². The number of rotatable bonds is 0. The van der Waals surface area contributed by atoms with Gasteiger partial charge in [0, 0.05) is 0 Å². The molecule has 56 heavy (non-hydrogen) atoms. The van der Waals surface area contributed by atoms with Gasteiger partial charge in [-0.2, -0.15) is 0 Å². The molecule has 284 valence electrons. The molecule has 48 unspecified atom stereocenters. The van der Waals surface area contributed by atoms with Crippen LogP contribution in [-0.4, -0.2) is 0 Å². The molecule has 0 spiro atoms. The van der Waals surface area contributed by atoms with Crippen molar-refractivity contribution in [1.29, 1.82) is 0 Å². The summed E-state index contributed by atoms with van der Waals surface area (Å²) in [6.07, 6.45) is 6.65. The Balaban J connectivity index is 0.459. The highest BCUT2D eigenvalue weighted by atomic mass is 15.0. The zero-order chi connectivity index (χ0) is 32.9. The SMILES string of the molecule is C1CC2C1C1C2C2C1C1C2C2C1C1C2C2C1C1C2C2C1C1C2C2C1C1C2C2C1C1C3C4C5C6C7C8C9C%10C%11C%12C%13C%14CCC%14C%13C%12C%11C%10C9C8C7C6C5C4C3C21. The molecule has 27 aliphatic carbocycles. The van der Waals surface area contributed by atoms with Crippen molar-refractivity contribution in [2.75, 3.05) is 0 Å². The van der Waals surface area contributed by atoms with Gasteiger partial charge in [-0.15, -0.1) is 0 Å². The molecule has 48 atom stereocenters. The van der Waals surface area contributed by atoms with Gasteiger partial charge >= 0.3 is 0 Å². The van der Waals surface area contributed by atoms with E-state index in [9.17, 15) is 0 Å². The molecule has 27 fully saturated rings. The van der Waals surface area contributed by atoms with Gasteiger partial charge in [0.15, 0.2) is 0 Å². The lowest BCUT2D eigenvalue weighted by molar-refractivity contribution is -0.553. The van der Waals surface area contributed by atoms with Gasteiger partial charge in [0.25, 0.3) is 0 Å². The first-order chi connectivity index (χ1) is 28.0. The molecule has 0 nitrogen and oxygen atoms in total. The van der Waals surface area contributed by atoms with E-state index in [1.165, 1.54) is 308 Å². The minimum absolute atomic E-state index is 1.27. The minimum atomic E-state index is 1.27. The summed E-state index contributed by atoms with van der Waals surface area (Å²) in [5, 5.41) is 0. The maximum atomic E-state index is 1.66. The standard InChI is InChI=1S/C56H60/c1-2-6-5(1)9-10(6)14-13(9)17-18(14)22-21(17)25-26(22)30-29(25)33-34(30)38-37(33)41-42(38)46-45(41)49-50(46)54-53(49)55-51-47-43-39-35-31-27-23-19-15-11-7-3-4-8(7)12(11)16(15)20(19)24(23)28(27)32(31)36(35)40(39)44(43)48(47)52(51)56(54)55/h5-56H,1-4H2. The molecule has 0 aromatic carbocycles. The van der Waals surface area contributed by atoms with Crippen LogP contribution in [0.25, 0.3) is 0 Å². The Morgan fingerprint density at radius 3 is 0.232 bits per heavy atom. The topological polar surface area (TPSA) is 0 Å². The first-order valence-electron chi connectivity index (χ1n) is 28.0. The predicted octanol–water partition coefficient (Wildman–Crippen LogP) is 7.96. The van der Waals surface area contributed by atoms with Gasteiger partial charge in [0.2, 0.25) is 0 Å². The lowest BCUT2D eigenvalue weighted by Crippen LogP contribution is -2.99. The van der Waals surface area contributed by atoms with Crippen molar-refractivity contribution >= 4 is 0 Å². The monoisotopic (exact) mass is 732 g/mol. The molecule has 27 saturated carbocycles. The number of hydrogen-bond donors (Lipinski definition) is 0. The Bertz CT molecular complexity index is 2020. The second kappa shape index (κ2) is 6.26. The van der Waals surface area contributed by atoms with E-state index >= 15 is 0 Å². The highest BCUT2D eigenvalue weighted by Crippen LogP contribution is 3.03. The molecule has 0 amide bonds. The van der Waals surface area contributed by atoms with Crippen molar-refractivity contribution in [3.05, 3.63) is 0 Å². The van der Waals surface area contributed by atoms with Gasteiger partial charge < -0.3 is 0 Å². The molecule has 0 radical (unpaired) electrons. The van der Waals surface area contributed by atoms with Crippen LogP contribution in [0.15, 0.2) is 0 Å². The summed E-state index contributed by atoms with van der Waals surface area (Å²) in [5.41, 5.74) is 0. The number of fused-ring (bicyclic) bond motifs is 76. The van der Waals surface area contributed by atoms with Gasteiger partial charge in [0.05, 0.1) is 0 Å². The smallest absolute Gasteiger partial charge is 0.0312 e. The summed E-state index contributed by atoms with van der Waals surface area (Å²) in [4.78, 5) is 0. The summed E-state index contributed by atoms with van der Waals surface area (Å²) < 4.78 is 0. The van der Waals surface area contributed by atoms with E-state index in [4.69, 9.17) is 0 Å². The minimum Gasteiger partial charge on any atom is -0.0496 e. The second-order valence-electron chi connectivity index (χ2n) is 31.5. The zero-order valence-electron chi connectivity index (χ0n) is 32.9. The second-order valence-corrected chi connectivity index (χ2v) is 31.5. The van der Waals surface area contributed by atoms with Crippen molar-refractivity contribution in [1.82, 2.24) is 0 Å². The van der Waals surface area contributed by atoms with Crippen LogP contribution in [0.4, 0.5) is 0 Å². The maximum absolute atomic E-state index is 1.66. The predicted molar refractivity (Wildman–Crippen MR) is 200 cm³/mol. The Morgan fingerprint density at radius 2 is 0.161 bits per heavy atom. The van der Waals surface area contributed by atoms with Gasteiger partial charge in [0.1, 0.15) is 0 Å². The molecular formula is C56H60. The molecule has 0 aromatic heterocycles. The third kappa shape index (κ3) is 1.54. The fraction of sp³-hybridized carbons (Fsp3) is 1.00. The van der Waals surface area contributed by atoms with Crippen molar-refractivity contribution in [2.45, 2.75) is 25.7 Å². The van der Waals surface area contributed by atoms with E-state index in [2.05, 4.69) is 0 Å². The Morgan fingerprint density at radius 1 is 0.0893 bits per heavy atom. The van der Waals surface area contributed by atoms with Gasteiger partial charge in [-0.05, 0) is 333 Å². The number of hydrogen-bond acceptors (Lipinski definition) is 0. The highest BCUT2D eigenvalue weighted by molar-refractivity contribution is 5.47. The van der Waals surface area contributed by atoms with E-state index in [0.29, 0.717) is 0 Å². The molecule has 27 rings (SSSR count). The summed E-state index contributed by atoms with van der Waals surface area (Å²) in [6, 6.07) is 0. The largest absolute Gasteiger partial charge is 0.0496 e. The zero-order valence-corrected chi connectivity index (χ0v) is 32.9. The maximum Gasteiger partial charge on any atom is -0.0312 e. The molecule has 0 N–H and O–H groups in total. The van der Waals surface area contributed by atoms with Crippen molar-refractivity contribution in [2.24, 2.45) is 308 Å². The molecule has 0 bridgehead atoms. The molecule has 0 heteroatoms. The first kappa shape index (κ1) is 25.2. The van der Waals surface area contributed by atoms with E-state index in [0.717, 1.165) is 0 Å². The van der Waals surface area contributed by atoms with Crippen LogP contribution in [0, 0.1) is 308 Å². The average Bonchev–Trinajstić information content (AvgIpc) is 3.11. The lowest BCUT2D eigenvalue weighted by Gasteiger charge is -3.02. The quantitative estimate of drug-likeness (QED) is 0.222. The lowest BCUT2D eigenvalue weighted by atomic mass is 9.02. The van der Waals surface area contributed by atoms with Gasteiger partial charge in [-0.25, -0.2) is 0 Å². The van der Waals surface area contributed by atoms with Crippen LogP contribution in [0.1, 0.15) is 25.7 Å². The average molecular weight is 733 g/mol. The summed E-state index contributed by atoms with van der Waals surface area (Å²) in [7, 11) is 0. The highest BCUT2D eigenvalue weighted by Gasteiger charge is 3.00. The fourth-order valence-corrected chi connectivity index (χ4v) is 36.6. The summed E-state index contributed by atoms with van der Waals surface area (Å²) in [5.74, 6) is 68.7. The van der Waals surface area contributed by atoms with Crippen molar-refractivity contribution < 1.29 is 0 Å². The van der Waals surface area contributed by atoms with Crippen LogP contribution in [0.3, 0.4) is 0 Å². The van der Waals surface area contributed by atoms with E-state index in [1.54, 1.807) is 25.7 Å².